The van der Waals surface area contributed by atoms with E-state index in [1.165, 1.54) is 23.7 Å². The zero-order chi connectivity index (χ0) is 12.8. The van der Waals surface area contributed by atoms with Crippen LogP contribution >= 0.6 is 11.7 Å². The molecule has 18 heavy (non-hydrogen) atoms. The van der Waals surface area contributed by atoms with Crippen LogP contribution in [0.5, 0.6) is 0 Å². The molecule has 0 unspecified atom stereocenters. The summed E-state index contributed by atoms with van der Waals surface area (Å²) in [5.74, 6) is 0.907. The molecule has 0 spiro atoms. The lowest BCUT2D eigenvalue weighted by Gasteiger charge is -2.04. The molecule has 1 heterocycles. The van der Waals surface area contributed by atoms with Crippen molar-refractivity contribution in [1.29, 1.82) is 0 Å². The van der Waals surface area contributed by atoms with Gasteiger partial charge in [0.2, 0.25) is 0 Å². The van der Waals surface area contributed by atoms with Crippen LogP contribution in [0, 0.1) is 0 Å². The van der Waals surface area contributed by atoms with E-state index in [0.717, 1.165) is 36.5 Å². The van der Waals surface area contributed by atoms with Gasteiger partial charge < -0.3 is 5.32 Å². The largest absolute Gasteiger partial charge is 0.367 e. The summed E-state index contributed by atoms with van der Waals surface area (Å²) in [4.78, 5) is 0. The SMILES string of the molecule is CCCNc1nsnc1-c1ccc(CCC)cc1. The van der Waals surface area contributed by atoms with Crippen molar-refractivity contribution in [3.05, 3.63) is 29.8 Å². The third kappa shape index (κ3) is 3.07. The van der Waals surface area contributed by atoms with Gasteiger partial charge in [-0.1, -0.05) is 44.5 Å². The summed E-state index contributed by atoms with van der Waals surface area (Å²) < 4.78 is 8.69. The van der Waals surface area contributed by atoms with Gasteiger partial charge in [0, 0.05) is 12.1 Å². The molecule has 2 rings (SSSR count). The van der Waals surface area contributed by atoms with E-state index in [0.29, 0.717) is 0 Å². The van der Waals surface area contributed by atoms with Crippen molar-refractivity contribution in [3.8, 4) is 11.3 Å². The summed E-state index contributed by atoms with van der Waals surface area (Å²) >= 11 is 1.26. The molecule has 0 fully saturated rings. The van der Waals surface area contributed by atoms with Crippen LogP contribution in [0.15, 0.2) is 24.3 Å². The Morgan fingerprint density at radius 1 is 1.06 bits per heavy atom. The molecule has 0 aliphatic heterocycles. The molecular formula is C14H19N3S. The van der Waals surface area contributed by atoms with Crippen LogP contribution in [0.3, 0.4) is 0 Å². The minimum atomic E-state index is 0.907. The maximum atomic E-state index is 4.38. The second-order valence-corrected chi connectivity index (χ2v) is 4.86. The lowest BCUT2D eigenvalue weighted by atomic mass is 10.1. The lowest BCUT2D eigenvalue weighted by molar-refractivity contribution is 0.922. The standard InChI is InChI=1S/C14H19N3S/c1-3-5-11-6-8-12(9-7-11)13-14(15-10-4-2)17-18-16-13/h6-9H,3-5,10H2,1-2H3,(H,15,17). The van der Waals surface area contributed by atoms with E-state index < -0.39 is 0 Å². The van der Waals surface area contributed by atoms with Crippen LogP contribution in [-0.2, 0) is 6.42 Å². The molecule has 0 amide bonds. The van der Waals surface area contributed by atoms with Gasteiger partial charge in [0.05, 0.1) is 11.7 Å². The van der Waals surface area contributed by atoms with E-state index in [-0.39, 0.29) is 0 Å². The summed E-state index contributed by atoms with van der Waals surface area (Å²) in [7, 11) is 0. The molecule has 0 atom stereocenters. The molecular weight excluding hydrogens is 242 g/mol. The Morgan fingerprint density at radius 3 is 2.50 bits per heavy atom. The number of nitrogens with zero attached hydrogens (tertiary/aromatic N) is 2. The van der Waals surface area contributed by atoms with E-state index in [1.807, 2.05) is 0 Å². The van der Waals surface area contributed by atoms with Crippen molar-refractivity contribution in [2.75, 3.05) is 11.9 Å². The zero-order valence-electron chi connectivity index (χ0n) is 10.9. The molecule has 1 aromatic carbocycles. The van der Waals surface area contributed by atoms with Crippen LogP contribution in [0.1, 0.15) is 32.3 Å². The molecule has 1 aromatic heterocycles. The number of nitrogens with one attached hydrogen (secondary N) is 1. The molecule has 0 bridgehead atoms. The molecule has 0 aliphatic carbocycles. The highest BCUT2D eigenvalue weighted by molar-refractivity contribution is 6.99. The number of hydrogen-bond acceptors (Lipinski definition) is 4. The van der Waals surface area contributed by atoms with E-state index in [1.54, 1.807) is 0 Å². The van der Waals surface area contributed by atoms with Gasteiger partial charge >= 0.3 is 0 Å². The van der Waals surface area contributed by atoms with Gasteiger partial charge in [0.25, 0.3) is 0 Å². The number of aryl methyl sites for hydroxylation is 1. The zero-order valence-corrected chi connectivity index (χ0v) is 11.8. The number of rotatable bonds is 6. The fraction of sp³-hybridized carbons (Fsp3) is 0.429. The molecule has 0 saturated carbocycles. The molecule has 0 aliphatic rings. The van der Waals surface area contributed by atoms with Crippen LogP contribution in [0.4, 0.5) is 5.82 Å². The first-order chi connectivity index (χ1) is 8.85. The maximum Gasteiger partial charge on any atom is 0.168 e. The fourth-order valence-electron chi connectivity index (χ4n) is 1.86. The van der Waals surface area contributed by atoms with Gasteiger partial charge in [-0.2, -0.15) is 8.75 Å². The van der Waals surface area contributed by atoms with E-state index in [4.69, 9.17) is 0 Å². The topological polar surface area (TPSA) is 37.8 Å². The molecule has 0 radical (unpaired) electrons. The van der Waals surface area contributed by atoms with Crippen molar-refractivity contribution < 1.29 is 0 Å². The van der Waals surface area contributed by atoms with Crippen molar-refractivity contribution in [1.82, 2.24) is 8.75 Å². The molecule has 96 valence electrons. The molecule has 1 N–H and O–H groups in total. The van der Waals surface area contributed by atoms with Gasteiger partial charge in [-0.3, -0.25) is 0 Å². The molecule has 0 saturated heterocycles. The second kappa shape index (κ2) is 6.50. The first kappa shape index (κ1) is 13.0. The third-order valence-electron chi connectivity index (χ3n) is 2.80. The van der Waals surface area contributed by atoms with E-state index >= 15 is 0 Å². The first-order valence-electron chi connectivity index (χ1n) is 6.51. The molecule has 2 aromatic rings. The normalized spacial score (nSPS) is 10.6. The second-order valence-electron chi connectivity index (χ2n) is 4.34. The monoisotopic (exact) mass is 261 g/mol. The van der Waals surface area contributed by atoms with Gasteiger partial charge in [-0.15, -0.1) is 0 Å². The summed E-state index contributed by atoms with van der Waals surface area (Å²) in [6.07, 6.45) is 3.41. The van der Waals surface area contributed by atoms with Crippen molar-refractivity contribution in [2.45, 2.75) is 33.1 Å². The predicted molar refractivity (Wildman–Crippen MR) is 78.1 cm³/mol. The molecule has 3 nitrogen and oxygen atoms in total. The highest BCUT2D eigenvalue weighted by atomic mass is 32.1. The van der Waals surface area contributed by atoms with Crippen molar-refractivity contribution >= 4 is 17.5 Å². The average Bonchev–Trinajstić information content (AvgIpc) is 2.86. The Bertz CT molecular complexity index is 476. The Morgan fingerprint density at radius 2 is 1.83 bits per heavy atom. The maximum absolute atomic E-state index is 4.38. The Balaban J connectivity index is 2.17. The summed E-state index contributed by atoms with van der Waals surface area (Å²) in [6.45, 7) is 5.28. The Hall–Kier alpha value is -1.42. The minimum absolute atomic E-state index is 0.907. The minimum Gasteiger partial charge on any atom is -0.367 e. The smallest absolute Gasteiger partial charge is 0.168 e. The predicted octanol–water partition coefficient (Wildman–Crippen LogP) is 3.98. The van der Waals surface area contributed by atoms with Crippen molar-refractivity contribution in [3.63, 3.8) is 0 Å². The Kier molecular flexibility index (Phi) is 4.70. The van der Waals surface area contributed by atoms with Crippen LogP contribution < -0.4 is 5.32 Å². The van der Waals surface area contributed by atoms with Gasteiger partial charge in [0.1, 0.15) is 5.69 Å². The Labute approximate surface area is 113 Å². The van der Waals surface area contributed by atoms with Crippen molar-refractivity contribution in [2.24, 2.45) is 0 Å². The number of benzene rings is 1. The average molecular weight is 261 g/mol. The third-order valence-corrected chi connectivity index (χ3v) is 3.33. The highest BCUT2D eigenvalue weighted by Gasteiger charge is 2.09. The summed E-state index contributed by atoms with van der Waals surface area (Å²) in [6, 6.07) is 8.64. The number of hydrogen-bond donors (Lipinski definition) is 1. The van der Waals surface area contributed by atoms with E-state index in [2.05, 4.69) is 52.2 Å². The fourth-order valence-corrected chi connectivity index (χ4v) is 2.40. The van der Waals surface area contributed by atoms with Crippen LogP contribution in [-0.4, -0.2) is 15.3 Å². The van der Waals surface area contributed by atoms with Gasteiger partial charge in [-0.05, 0) is 18.4 Å². The van der Waals surface area contributed by atoms with E-state index in [9.17, 15) is 0 Å². The van der Waals surface area contributed by atoms with Gasteiger partial charge in [0.15, 0.2) is 5.82 Å². The quantitative estimate of drug-likeness (QED) is 0.854. The number of aromatic nitrogens is 2. The summed E-state index contributed by atoms with van der Waals surface area (Å²) in [5.41, 5.74) is 3.49. The molecule has 4 heteroatoms. The van der Waals surface area contributed by atoms with Gasteiger partial charge in [-0.25, -0.2) is 0 Å². The van der Waals surface area contributed by atoms with Crippen LogP contribution in [0.25, 0.3) is 11.3 Å². The lowest BCUT2D eigenvalue weighted by Crippen LogP contribution is -2.01. The summed E-state index contributed by atoms with van der Waals surface area (Å²) in [5, 5.41) is 3.32. The first-order valence-corrected chi connectivity index (χ1v) is 7.24. The van der Waals surface area contributed by atoms with Crippen LogP contribution in [0.2, 0.25) is 0 Å². The number of anilines is 1. The highest BCUT2D eigenvalue weighted by Crippen LogP contribution is 2.26.